The summed E-state index contributed by atoms with van der Waals surface area (Å²) in [5, 5.41) is 10.4. The predicted octanol–water partition coefficient (Wildman–Crippen LogP) is 3.95. The first-order valence-corrected chi connectivity index (χ1v) is 7.35. The number of hydrogen-bond donors (Lipinski definition) is 1. The Hall–Kier alpha value is -2.00. The van der Waals surface area contributed by atoms with Crippen LogP contribution in [0.5, 0.6) is 11.5 Å². The summed E-state index contributed by atoms with van der Waals surface area (Å²) in [6.07, 6.45) is -0.0270. The Morgan fingerprint density at radius 3 is 2.67 bits per heavy atom. The molecule has 2 atom stereocenters. The van der Waals surface area contributed by atoms with Gasteiger partial charge in [0.25, 0.3) is 0 Å². The van der Waals surface area contributed by atoms with Crippen molar-refractivity contribution in [1.82, 2.24) is 0 Å². The molecule has 1 aliphatic heterocycles. The summed E-state index contributed by atoms with van der Waals surface area (Å²) >= 11 is 0. The summed E-state index contributed by atoms with van der Waals surface area (Å²) in [6, 6.07) is 13.8. The molecule has 2 unspecified atom stereocenters. The molecule has 21 heavy (non-hydrogen) atoms. The smallest absolute Gasteiger partial charge is 0.127 e. The summed E-state index contributed by atoms with van der Waals surface area (Å²) in [7, 11) is 0. The fourth-order valence-corrected chi connectivity index (χ4v) is 2.72. The number of ether oxygens (including phenoxy) is 2. The molecule has 1 N–H and O–H groups in total. The molecule has 2 aromatic rings. The maximum absolute atomic E-state index is 10.4. The molecule has 0 saturated heterocycles. The van der Waals surface area contributed by atoms with Gasteiger partial charge >= 0.3 is 0 Å². The van der Waals surface area contributed by atoms with Crippen molar-refractivity contribution in [2.24, 2.45) is 0 Å². The normalized spacial score (nSPS) is 20.5. The molecule has 1 aliphatic rings. The first-order chi connectivity index (χ1) is 10.2. The summed E-state index contributed by atoms with van der Waals surface area (Å²) in [4.78, 5) is 0. The van der Waals surface area contributed by atoms with E-state index in [0.29, 0.717) is 13.0 Å². The lowest BCUT2D eigenvalue weighted by atomic mass is 9.94. The minimum Gasteiger partial charge on any atom is -0.494 e. The molecule has 0 aliphatic carbocycles. The van der Waals surface area contributed by atoms with Gasteiger partial charge in [0.15, 0.2) is 0 Å². The zero-order valence-corrected chi connectivity index (χ0v) is 12.4. The highest BCUT2D eigenvalue weighted by Gasteiger charge is 2.27. The average molecular weight is 284 g/mol. The van der Waals surface area contributed by atoms with Crippen LogP contribution in [-0.2, 0) is 0 Å². The SMILES string of the molecule is CCOc1ccc(C2CC(O)c3cc(C)ccc3O2)cc1. The minimum atomic E-state index is -0.481. The third kappa shape index (κ3) is 2.88. The Balaban J connectivity index is 1.83. The maximum atomic E-state index is 10.4. The van der Waals surface area contributed by atoms with Gasteiger partial charge in [-0.05, 0) is 43.7 Å². The molecule has 3 nitrogen and oxygen atoms in total. The van der Waals surface area contributed by atoms with E-state index in [1.807, 2.05) is 56.3 Å². The van der Waals surface area contributed by atoms with Gasteiger partial charge < -0.3 is 14.6 Å². The first kappa shape index (κ1) is 14.0. The topological polar surface area (TPSA) is 38.7 Å². The minimum absolute atomic E-state index is 0.120. The van der Waals surface area contributed by atoms with Crippen LogP contribution >= 0.6 is 0 Å². The Labute approximate surface area is 125 Å². The second kappa shape index (κ2) is 5.78. The van der Waals surface area contributed by atoms with E-state index < -0.39 is 6.10 Å². The zero-order chi connectivity index (χ0) is 14.8. The van der Waals surface area contributed by atoms with Crippen LogP contribution in [0.1, 0.15) is 42.2 Å². The van der Waals surface area contributed by atoms with Crippen molar-refractivity contribution in [3.05, 3.63) is 59.2 Å². The molecule has 0 spiro atoms. The van der Waals surface area contributed by atoms with E-state index in [9.17, 15) is 5.11 Å². The van der Waals surface area contributed by atoms with Crippen LogP contribution in [0.4, 0.5) is 0 Å². The first-order valence-electron chi connectivity index (χ1n) is 7.35. The van der Waals surface area contributed by atoms with Crippen molar-refractivity contribution in [3.8, 4) is 11.5 Å². The standard InChI is InChI=1S/C18H20O3/c1-3-20-14-7-5-13(6-8-14)18-11-16(19)15-10-12(2)4-9-17(15)21-18/h4-10,16,18-19H,3,11H2,1-2H3. The highest BCUT2D eigenvalue weighted by molar-refractivity contribution is 5.41. The summed E-state index contributed by atoms with van der Waals surface area (Å²) in [5.41, 5.74) is 3.08. The van der Waals surface area contributed by atoms with Gasteiger partial charge in [-0.25, -0.2) is 0 Å². The fraction of sp³-hybridized carbons (Fsp3) is 0.333. The number of benzene rings is 2. The van der Waals surface area contributed by atoms with Crippen LogP contribution in [0.2, 0.25) is 0 Å². The number of hydrogen-bond acceptors (Lipinski definition) is 3. The van der Waals surface area contributed by atoms with E-state index in [1.165, 1.54) is 0 Å². The maximum Gasteiger partial charge on any atom is 0.127 e. The number of aliphatic hydroxyl groups is 1. The van der Waals surface area contributed by atoms with Crippen molar-refractivity contribution < 1.29 is 14.6 Å². The number of aryl methyl sites for hydroxylation is 1. The second-order valence-electron chi connectivity index (χ2n) is 5.40. The van der Waals surface area contributed by atoms with Crippen molar-refractivity contribution >= 4 is 0 Å². The molecule has 0 radical (unpaired) electrons. The van der Waals surface area contributed by atoms with Gasteiger partial charge in [-0.2, -0.15) is 0 Å². The van der Waals surface area contributed by atoms with Gasteiger partial charge in [-0.1, -0.05) is 23.8 Å². The molecule has 3 rings (SSSR count). The van der Waals surface area contributed by atoms with E-state index in [4.69, 9.17) is 9.47 Å². The fourth-order valence-electron chi connectivity index (χ4n) is 2.72. The number of fused-ring (bicyclic) bond motifs is 1. The van der Waals surface area contributed by atoms with Crippen LogP contribution in [-0.4, -0.2) is 11.7 Å². The summed E-state index contributed by atoms with van der Waals surface area (Å²) in [5.74, 6) is 1.63. The lowest BCUT2D eigenvalue weighted by Gasteiger charge is -2.30. The average Bonchev–Trinajstić information content (AvgIpc) is 2.49. The molecular formula is C18H20O3. The van der Waals surface area contributed by atoms with Gasteiger partial charge in [0.2, 0.25) is 0 Å². The van der Waals surface area contributed by atoms with Crippen molar-refractivity contribution in [2.75, 3.05) is 6.61 Å². The second-order valence-corrected chi connectivity index (χ2v) is 5.40. The molecular weight excluding hydrogens is 264 g/mol. The molecule has 1 heterocycles. The Bertz CT molecular complexity index is 619. The molecule has 110 valence electrons. The number of aliphatic hydroxyl groups excluding tert-OH is 1. The molecule has 0 aromatic heterocycles. The van der Waals surface area contributed by atoms with Gasteiger partial charge in [0.05, 0.1) is 12.7 Å². The van der Waals surface area contributed by atoms with E-state index in [0.717, 1.165) is 28.2 Å². The highest BCUT2D eigenvalue weighted by atomic mass is 16.5. The molecule has 2 aromatic carbocycles. The van der Waals surface area contributed by atoms with Crippen LogP contribution in [0, 0.1) is 6.92 Å². The third-order valence-corrected chi connectivity index (χ3v) is 3.79. The summed E-state index contributed by atoms with van der Waals surface area (Å²) < 4.78 is 11.5. The monoisotopic (exact) mass is 284 g/mol. The molecule has 0 bridgehead atoms. The molecule has 3 heteroatoms. The molecule has 0 saturated carbocycles. The largest absolute Gasteiger partial charge is 0.494 e. The third-order valence-electron chi connectivity index (χ3n) is 3.79. The van der Waals surface area contributed by atoms with E-state index in [-0.39, 0.29) is 6.10 Å². The zero-order valence-electron chi connectivity index (χ0n) is 12.4. The van der Waals surface area contributed by atoms with Gasteiger partial charge in [-0.15, -0.1) is 0 Å². The van der Waals surface area contributed by atoms with Crippen LogP contribution < -0.4 is 9.47 Å². The Kier molecular flexibility index (Phi) is 3.84. The van der Waals surface area contributed by atoms with Crippen LogP contribution in [0.3, 0.4) is 0 Å². The van der Waals surface area contributed by atoms with Crippen molar-refractivity contribution in [3.63, 3.8) is 0 Å². The van der Waals surface area contributed by atoms with Gasteiger partial charge in [-0.3, -0.25) is 0 Å². The molecule has 0 fully saturated rings. The van der Waals surface area contributed by atoms with Crippen LogP contribution in [0.15, 0.2) is 42.5 Å². The summed E-state index contributed by atoms with van der Waals surface area (Å²) in [6.45, 7) is 4.64. The number of rotatable bonds is 3. The van der Waals surface area contributed by atoms with Crippen molar-refractivity contribution in [2.45, 2.75) is 32.5 Å². The molecule has 0 amide bonds. The van der Waals surface area contributed by atoms with Crippen molar-refractivity contribution in [1.29, 1.82) is 0 Å². The Morgan fingerprint density at radius 2 is 1.95 bits per heavy atom. The Morgan fingerprint density at radius 1 is 1.19 bits per heavy atom. The highest BCUT2D eigenvalue weighted by Crippen LogP contribution is 2.41. The van der Waals surface area contributed by atoms with E-state index >= 15 is 0 Å². The van der Waals surface area contributed by atoms with Crippen LogP contribution in [0.25, 0.3) is 0 Å². The lowest BCUT2D eigenvalue weighted by molar-refractivity contribution is 0.0656. The predicted molar refractivity (Wildman–Crippen MR) is 81.7 cm³/mol. The quantitative estimate of drug-likeness (QED) is 0.927. The van der Waals surface area contributed by atoms with Gasteiger partial charge in [0.1, 0.15) is 17.6 Å². The van der Waals surface area contributed by atoms with Gasteiger partial charge in [0, 0.05) is 12.0 Å². The van der Waals surface area contributed by atoms with E-state index in [2.05, 4.69) is 0 Å². The lowest BCUT2D eigenvalue weighted by Crippen LogP contribution is -2.19. The van der Waals surface area contributed by atoms with E-state index in [1.54, 1.807) is 0 Å².